The van der Waals surface area contributed by atoms with E-state index in [1.54, 1.807) is 12.4 Å². The molecule has 3 heterocycles. The Bertz CT molecular complexity index is 960. The van der Waals surface area contributed by atoms with Crippen molar-refractivity contribution in [2.24, 2.45) is 0 Å². The minimum absolute atomic E-state index is 0.325. The largest absolute Gasteiger partial charge is 0.472 e. The first kappa shape index (κ1) is 19.6. The van der Waals surface area contributed by atoms with Gasteiger partial charge >= 0.3 is 0 Å². The molecule has 3 aromatic rings. The maximum absolute atomic E-state index is 6.04. The molecule has 0 bridgehead atoms. The van der Waals surface area contributed by atoms with Crippen LogP contribution in [-0.2, 0) is 6.61 Å². The number of hydrogen-bond donors (Lipinski definition) is 0. The van der Waals surface area contributed by atoms with Crippen molar-refractivity contribution in [1.82, 2.24) is 24.7 Å². The molecule has 1 fully saturated rings. The standard InChI is InChI=1S/C21H25ClN6O/c1-15(2)28-14-24-26-21(28)17-6-4-8-27(12-17)19-10-23-11-20(25-19)29-13-16-5-3-7-18(22)9-16/h3,5,7,9-11,14-15,17H,4,6,8,12-13H2,1-2H3. The molecule has 1 atom stereocenters. The summed E-state index contributed by atoms with van der Waals surface area (Å²) in [5.74, 6) is 2.71. The van der Waals surface area contributed by atoms with Crippen molar-refractivity contribution >= 4 is 17.4 Å². The van der Waals surface area contributed by atoms with Crippen molar-refractivity contribution < 1.29 is 4.74 Å². The molecule has 0 aliphatic carbocycles. The van der Waals surface area contributed by atoms with Gasteiger partial charge in [0.15, 0.2) is 5.82 Å². The highest BCUT2D eigenvalue weighted by Crippen LogP contribution is 2.29. The van der Waals surface area contributed by atoms with Crippen molar-refractivity contribution in [2.75, 3.05) is 18.0 Å². The highest BCUT2D eigenvalue weighted by molar-refractivity contribution is 6.30. The van der Waals surface area contributed by atoms with Gasteiger partial charge in [0.1, 0.15) is 18.8 Å². The average Bonchev–Trinajstić information content (AvgIpc) is 3.23. The number of halogens is 1. The third-order valence-corrected chi connectivity index (χ3v) is 5.38. The van der Waals surface area contributed by atoms with Gasteiger partial charge in [-0.1, -0.05) is 23.7 Å². The first-order valence-electron chi connectivity index (χ1n) is 9.94. The van der Waals surface area contributed by atoms with Crippen LogP contribution in [0, 0.1) is 0 Å². The Labute approximate surface area is 175 Å². The summed E-state index contributed by atoms with van der Waals surface area (Å²) in [6.07, 6.45) is 7.43. The highest BCUT2D eigenvalue weighted by Gasteiger charge is 2.27. The number of anilines is 1. The molecular weight excluding hydrogens is 388 g/mol. The van der Waals surface area contributed by atoms with Crippen LogP contribution in [0.15, 0.2) is 43.0 Å². The van der Waals surface area contributed by atoms with Crippen molar-refractivity contribution in [3.8, 4) is 5.88 Å². The number of hydrogen-bond acceptors (Lipinski definition) is 6. The summed E-state index contributed by atoms with van der Waals surface area (Å²) in [4.78, 5) is 11.3. The summed E-state index contributed by atoms with van der Waals surface area (Å²) in [5.41, 5.74) is 0.996. The van der Waals surface area contributed by atoms with Crippen LogP contribution in [0.1, 0.15) is 50.0 Å². The Balaban J connectivity index is 1.45. The Morgan fingerprint density at radius 1 is 1.28 bits per heavy atom. The maximum Gasteiger partial charge on any atom is 0.234 e. The predicted octanol–water partition coefficient (Wildman–Crippen LogP) is 4.27. The highest BCUT2D eigenvalue weighted by atomic mass is 35.5. The number of ether oxygens (including phenoxy) is 1. The number of aromatic nitrogens is 5. The van der Waals surface area contributed by atoms with Gasteiger partial charge in [-0.3, -0.25) is 4.98 Å². The van der Waals surface area contributed by atoms with Crippen molar-refractivity contribution in [2.45, 2.75) is 45.3 Å². The van der Waals surface area contributed by atoms with Gasteiger partial charge in [-0.2, -0.15) is 4.98 Å². The fraction of sp³-hybridized carbons (Fsp3) is 0.429. The smallest absolute Gasteiger partial charge is 0.234 e. The zero-order valence-electron chi connectivity index (χ0n) is 16.7. The molecule has 1 saturated heterocycles. The summed E-state index contributed by atoms with van der Waals surface area (Å²) >= 11 is 6.04. The average molecular weight is 413 g/mol. The van der Waals surface area contributed by atoms with E-state index in [9.17, 15) is 0 Å². The van der Waals surface area contributed by atoms with E-state index in [0.717, 1.165) is 43.1 Å². The second kappa shape index (κ2) is 8.78. The summed E-state index contributed by atoms with van der Waals surface area (Å²) in [7, 11) is 0. The van der Waals surface area contributed by atoms with E-state index in [4.69, 9.17) is 16.3 Å². The van der Waals surface area contributed by atoms with Crippen LogP contribution >= 0.6 is 11.6 Å². The van der Waals surface area contributed by atoms with Crippen molar-refractivity contribution in [3.63, 3.8) is 0 Å². The van der Waals surface area contributed by atoms with Crippen molar-refractivity contribution in [3.05, 3.63) is 59.4 Å². The number of nitrogens with zero attached hydrogens (tertiary/aromatic N) is 6. The summed E-state index contributed by atoms with van der Waals surface area (Å²) in [5, 5.41) is 9.21. The first-order valence-corrected chi connectivity index (χ1v) is 10.3. The lowest BCUT2D eigenvalue weighted by Gasteiger charge is -2.33. The first-order chi connectivity index (χ1) is 14.1. The molecule has 0 radical (unpaired) electrons. The van der Waals surface area contributed by atoms with E-state index in [1.807, 2.05) is 30.6 Å². The van der Waals surface area contributed by atoms with Gasteiger partial charge in [-0.25, -0.2) is 0 Å². The molecule has 0 spiro atoms. The van der Waals surface area contributed by atoms with E-state index < -0.39 is 0 Å². The summed E-state index contributed by atoms with van der Waals surface area (Å²) < 4.78 is 8.00. The summed E-state index contributed by atoms with van der Waals surface area (Å²) in [6.45, 7) is 6.49. The van der Waals surface area contributed by atoms with Crippen LogP contribution in [0.25, 0.3) is 0 Å². The van der Waals surface area contributed by atoms with E-state index in [1.165, 1.54) is 0 Å². The van der Waals surface area contributed by atoms with Crippen LogP contribution in [0.4, 0.5) is 5.82 Å². The fourth-order valence-corrected chi connectivity index (χ4v) is 3.89. The minimum Gasteiger partial charge on any atom is -0.472 e. The SMILES string of the molecule is CC(C)n1cnnc1C1CCCN(c2cncc(OCc3cccc(Cl)c3)n2)C1. The molecule has 0 saturated carbocycles. The van der Waals surface area contributed by atoms with Gasteiger partial charge < -0.3 is 14.2 Å². The van der Waals surface area contributed by atoms with Gasteiger partial charge in [0.2, 0.25) is 5.88 Å². The Kier molecular flexibility index (Phi) is 5.94. The molecule has 1 aliphatic heterocycles. The minimum atomic E-state index is 0.325. The molecule has 0 N–H and O–H groups in total. The molecule has 2 aromatic heterocycles. The lowest BCUT2D eigenvalue weighted by molar-refractivity contribution is 0.292. The van der Waals surface area contributed by atoms with E-state index >= 15 is 0 Å². The molecule has 1 aliphatic rings. The Morgan fingerprint density at radius 2 is 2.17 bits per heavy atom. The Hall–Kier alpha value is -2.67. The molecule has 4 rings (SSSR count). The van der Waals surface area contributed by atoms with Gasteiger partial charge in [0.25, 0.3) is 0 Å². The van der Waals surface area contributed by atoms with Crippen LogP contribution in [0.3, 0.4) is 0 Å². The van der Waals surface area contributed by atoms with Crippen LogP contribution in [0.5, 0.6) is 5.88 Å². The maximum atomic E-state index is 6.04. The molecular formula is C21H25ClN6O. The summed E-state index contributed by atoms with van der Waals surface area (Å²) in [6, 6.07) is 7.96. The number of benzene rings is 1. The molecule has 1 unspecified atom stereocenters. The Morgan fingerprint density at radius 3 is 3.00 bits per heavy atom. The van der Waals surface area contributed by atoms with Gasteiger partial charge in [-0.15, -0.1) is 10.2 Å². The fourth-order valence-electron chi connectivity index (χ4n) is 3.68. The molecule has 0 amide bonds. The molecule has 152 valence electrons. The number of rotatable bonds is 6. The molecule has 7 nitrogen and oxygen atoms in total. The lowest BCUT2D eigenvalue weighted by Crippen LogP contribution is -2.36. The lowest BCUT2D eigenvalue weighted by atomic mass is 9.97. The van der Waals surface area contributed by atoms with Crippen molar-refractivity contribution in [1.29, 1.82) is 0 Å². The van der Waals surface area contributed by atoms with E-state index in [2.05, 4.69) is 43.5 Å². The van der Waals surface area contributed by atoms with Gasteiger partial charge in [-0.05, 0) is 44.4 Å². The topological polar surface area (TPSA) is 69.0 Å². The quantitative estimate of drug-likeness (QED) is 0.602. The van der Waals surface area contributed by atoms with Crippen LogP contribution < -0.4 is 9.64 Å². The second-order valence-electron chi connectivity index (χ2n) is 7.61. The normalized spacial score (nSPS) is 17.0. The third kappa shape index (κ3) is 4.67. The van der Waals surface area contributed by atoms with Crippen LogP contribution in [-0.4, -0.2) is 37.8 Å². The number of piperidine rings is 1. The molecule has 29 heavy (non-hydrogen) atoms. The monoisotopic (exact) mass is 412 g/mol. The van der Waals surface area contributed by atoms with E-state index in [0.29, 0.717) is 29.5 Å². The van der Waals surface area contributed by atoms with Crippen LogP contribution in [0.2, 0.25) is 5.02 Å². The van der Waals surface area contributed by atoms with Gasteiger partial charge in [0, 0.05) is 30.1 Å². The van der Waals surface area contributed by atoms with E-state index in [-0.39, 0.29) is 0 Å². The van der Waals surface area contributed by atoms with Gasteiger partial charge in [0.05, 0.1) is 12.4 Å². The zero-order chi connectivity index (χ0) is 20.2. The second-order valence-corrected chi connectivity index (χ2v) is 8.05. The molecule has 1 aromatic carbocycles. The zero-order valence-corrected chi connectivity index (χ0v) is 17.5. The third-order valence-electron chi connectivity index (χ3n) is 5.14. The predicted molar refractivity (Wildman–Crippen MR) is 112 cm³/mol. The molecule has 8 heteroatoms.